The Morgan fingerprint density at radius 1 is 1.39 bits per heavy atom. The van der Waals surface area contributed by atoms with E-state index in [9.17, 15) is 4.39 Å². The Kier molecular flexibility index (Phi) is 3.63. The maximum Gasteiger partial charge on any atom is 0.154 e. The van der Waals surface area contributed by atoms with Crippen molar-refractivity contribution in [3.63, 3.8) is 0 Å². The van der Waals surface area contributed by atoms with Gasteiger partial charge in [-0.1, -0.05) is 11.8 Å². The lowest BCUT2D eigenvalue weighted by molar-refractivity contribution is 0.615. The first-order chi connectivity index (χ1) is 8.79. The molecule has 0 amide bonds. The van der Waals surface area contributed by atoms with Crippen LogP contribution in [0.2, 0.25) is 0 Å². The van der Waals surface area contributed by atoms with Crippen molar-refractivity contribution in [2.24, 2.45) is 0 Å². The molecular weight excluding hydrogens is 267 g/mol. The third-order valence-electron chi connectivity index (χ3n) is 2.72. The zero-order valence-corrected chi connectivity index (χ0v) is 11.4. The molecule has 1 N–H and O–H groups in total. The molecular formula is C13H13FN2S2. The van der Waals surface area contributed by atoms with E-state index in [2.05, 4.69) is 10.3 Å². The summed E-state index contributed by atoms with van der Waals surface area (Å²) in [6.45, 7) is 0.744. The van der Waals surface area contributed by atoms with Crippen LogP contribution in [0.4, 0.5) is 4.39 Å². The summed E-state index contributed by atoms with van der Waals surface area (Å²) in [7, 11) is 0. The lowest BCUT2D eigenvalue weighted by Crippen LogP contribution is -2.15. The van der Waals surface area contributed by atoms with Crippen LogP contribution < -0.4 is 5.32 Å². The van der Waals surface area contributed by atoms with Gasteiger partial charge in [0.2, 0.25) is 0 Å². The van der Waals surface area contributed by atoms with Crippen molar-refractivity contribution in [1.82, 2.24) is 10.3 Å². The molecule has 94 valence electrons. The summed E-state index contributed by atoms with van der Waals surface area (Å²) < 4.78 is 14.5. The minimum atomic E-state index is -0.177. The SMILES string of the molecule is Fc1cc(CNC2CC2)cc(Sc2nccs2)c1. The number of aromatic nitrogens is 1. The van der Waals surface area contributed by atoms with Crippen LogP contribution in [0, 0.1) is 5.82 Å². The molecule has 1 aromatic carbocycles. The first-order valence-electron chi connectivity index (χ1n) is 5.90. The van der Waals surface area contributed by atoms with E-state index in [0.29, 0.717) is 6.04 Å². The Labute approximate surface area is 114 Å². The molecule has 2 nitrogen and oxygen atoms in total. The minimum Gasteiger partial charge on any atom is -0.310 e. The number of nitrogens with one attached hydrogen (secondary N) is 1. The fraction of sp³-hybridized carbons (Fsp3) is 0.308. The van der Waals surface area contributed by atoms with Gasteiger partial charge in [-0.15, -0.1) is 11.3 Å². The van der Waals surface area contributed by atoms with Crippen molar-refractivity contribution < 1.29 is 4.39 Å². The monoisotopic (exact) mass is 280 g/mol. The Bertz CT molecular complexity index is 524. The average molecular weight is 280 g/mol. The number of halogens is 1. The van der Waals surface area contributed by atoms with Crippen LogP contribution >= 0.6 is 23.1 Å². The predicted octanol–water partition coefficient (Wildman–Crippen LogP) is 3.69. The highest BCUT2D eigenvalue weighted by Gasteiger charge is 2.20. The summed E-state index contributed by atoms with van der Waals surface area (Å²) in [4.78, 5) is 5.11. The lowest BCUT2D eigenvalue weighted by Gasteiger charge is -2.06. The molecule has 18 heavy (non-hydrogen) atoms. The Balaban J connectivity index is 1.72. The van der Waals surface area contributed by atoms with E-state index in [1.807, 2.05) is 11.4 Å². The third-order valence-corrected chi connectivity index (χ3v) is 4.57. The molecule has 1 saturated carbocycles. The van der Waals surface area contributed by atoms with Crippen molar-refractivity contribution in [1.29, 1.82) is 0 Å². The molecule has 1 aromatic heterocycles. The van der Waals surface area contributed by atoms with Crippen LogP contribution in [0.5, 0.6) is 0 Å². The highest BCUT2D eigenvalue weighted by atomic mass is 32.2. The van der Waals surface area contributed by atoms with Crippen molar-refractivity contribution in [2.75, 3.05) is 0 Å². The van der Waals surface area contributed by atoms with Gasteiger partial charge in [0.15, 0.2) is 4.34 Å². The summed E-state index contributed by atoms with van der Waals surface area (Å²) in [6.07, 6.45) is 4.26. The first kappa shape index (κ1) is 12.1. The second-order valence-corrected chi connectivity index (χ2v) is 6.57. The maximum absolute atomic E-state index is 13.5. The van der Waals surface area contributed by atoms with Crippen molar-refractivity contribution >= 4 is 23.1 Å². The standard InChI is InChI=1S/C13H13FN2S2/c14-10-5-9(8-16-11-1-2-11)6-12(7-10)18-13-15-3-4-17-13/h3-7,11,16H,1-2,8H2. The summed E-state index contributed by atoms with van der Waals surface area (Å²) in [5.74, 6) is -0.177. The molecule has 0 spiro atoms. The summed E-state index contributed by atoms with van der Waals surface area (Å²) in [5.41, 5.74) is 1.00. The number of nitrogens with zero attached hydrogens (tertiary/aromatic N) is 1. The molecule has 3 rings (SSSR count). The van der Waals surface area contributed by atoms with Crippen molar-refractivity contribution in [3.8, 4) is 0 Å². The van der Waals surface area contributed by atoms with E-state index in [4.69, 9.17) is 0 Å². The van der Waals surface area contributed by atoms with E-state index in [0.717, 1.165) is 21.3 Å². The van der Waals surface area contributed by atoms with Gasteiger partial charge in [0.05, 0.1) is 0 Å². The van der Waals surface area contributed by atoms with Gasteiger partial charge in [0, 0.05) is 29.1 Å². The Morgan fingerprint density at radius 2 is 2.28 bits per heavy atom. The zero-order chi connectivity index (χ0) is 12.4. The normalized spacial score (nSPS) is 14.9. The molecule has 0 atom stereocenters. The topological polar surface area (TPSA) is 24.9 Å². The van der Waals surface area contributed by atoms with Gasteiger partial charge in [-0.25, -0.2) is 9.37 Å². The molecule has 0 saturated heterocycles. The van der Waals surface area contributed by atoms with Gasteiger partial charge in [0.25, 0.3) is 0 Å². The predicted molar refractivity (Wildman–Crippen MR) is 72.5 cm³/mol. The second kappa shape index (κ2) is 5.38. The van der Waals surface area contributed by atoms with E-state index < -0.39 is 0 Å². The van der Waals surface area contributed by atoms with E-state index in [1.54, 1.807) is 29.7 Å². The number of hydrogen-bond acceptors (Lipinski definition) is 4. The molecule has 5 heteroatoms. The molecule has 1 heterocycles. The van der Waals surface area contributed by atoms with Gasteiger partial charge < -0.3 is 5.32 Å². The van der Waals surface area contributed by atoms with E-state index >= 15 is 0 Å². The van der Waals surface area contributed by atoms with Gasteiger partial charge in [0.1, 0.15) is 5.82 Å². The van der Waals surface area contributed by atoms with Crippen LogP contribution in [0.15, 0.2) is 39.0 Å². The van der Waals surface area contributed by atoms with Gasteiger partial charge in [-0.3, -0.25) is 0 Å². The summed E-state index contributed by atoms with van der Waals surface area (Å²) in [5, 5.41) is 5.33. The van der Waals surface area contributed by atoms with Crippen molar-refractivity contribution in [2.45, 2.75) is 34.7 Å². The molecule has 2 aromatic rings. The van der Waals surface area contributed by atoms with Crippen LogP contribution in [-0.4, -0.2) is 11.0 Å². The van der Waals surface area contributed by atoms with Crippen LogP contribution in [0.3, 0.4) is 0 Å². The minimum absolute atomic E-state index is 0.177. The smallest absolute Gasteiger partial charge is 0.154 e. The quantitative estimate of drug-likeness (QED) is 0.904. The van der Waals surface area contributed by atoms with Gasteiger partial charge in [-0.2, -0.15) is 0 Å². The largest absolute Gasteiger partial charge is 0.310 e. The highest BCUT2D eigenvalue weighted by molar-refractivity contribution is 8.01. The number of benzene rings is 1. The zero-order valence-electron chi connectivity index (χ0n) is 9.73. The van der Waals surface area contributed by atoms with Crippen molar-refractivity contribution in [3.05, 3.63) is 41.2 Å². The van der Waals surface area contributed by atoms with Gasteiger partial charge >= 0.3 is 0 Å². The Morgan fingerprint density at radius 3 is 3.00 bits per heavy atom. The summed E-state index contributed by atoms with van der Waals surface area (Å²) >= 11 is 3.08. The third kappa shape index (κ3) is 3.31. The molecule has 1 aliphatic carbocycles. The molecule has 0 unspecified atom stereocenters. The molecule has 0 aliphatic heterocycles. The lowest BCUT2D eigenvalue weighted by atomic mass is 10.2. The van der Waals surface area contributed by atoms with Crippen LogP contribution in [0.25, 0.3) is 0 Å². The fourth-order valence-corrected chi connectivity index (χ4v) is 3.40. The maximum atomic E-state index is 13.5. The molecule has 1 aliphatic rings. The molecule has 1 fully saturated rings. The molecule has 0 radical (unpaired) electrons. The van der Waals surface area contributed by atoms with E-state index in [1.165, 1.54) is 24.6 Å². The average Bonchev–Trinajstić information content (AvgIpc) is 3.04. The Hall–Kier alpha value is -0.910. The first-order valence-corrected chi connectivity index (χ1v) is 7.59. The van der Waals surface area contributed by atoms with E-state index in [-0.39, 0.29) is 5.82 Å². The number of rotatable bonds is 5. The van der Waals surface area contributed by atoms with Crippen LogP contribution in [0.1, 0.15) is 18.4 Å². The highest BCUT2D eigenvalue weighted by Crippen LogP contribution is 2.30. The fourth-order valence-electron chi connectivity index (χ4n) is 1.69. The molecule has 0 bridgehead atoms. The van der Waals surface area contributed by atoms with Crippen LogP contribution in [-0.2, 0) is 6.54 Å². The van der Waals surface area contributed by atoms with Gasteiger partial charge in [-0.05, 0) is 36.6 Å². The second-order valence-electron chi connectivity index (χ2n) is 4.35. The number of thiazole rings is 1. The summed E-state index contributed by atoms with van der Waals surface area (Å²) in [6, 6.07) is 5.83. The number of hydrogen-bond donors (Lipinski definition) is 1.